The average Bonchev–Trinajstić information content (AvgIpc) is 3.48. The number of carbonyl (C=O) groups excluding carboxylic acids is 1. The molecule has 0 aliphatic heterocycles. The number of thioether (sulfide) groups is 1. The first-order valence-electron chi connectivity index (χ1n) is 9.82. The highest BCUT2D eigenvalue weighted by Crippen LogP contribution is 2.39. The smallest absolute Gasteiger partial charge is 0.234 e. The quantitative estimate of drug-likeness (QED) is 0.486. The number of nitrogens with one attached hydrogen (secondary N) is 1. The Balaban J connectivity index is 1.39. The van der Waals surface area contributed by atoms with Crippen molar-refractivity contribution in [2.75, 3.05) is 11.1 Å². The van der Waals surface area contributed by atoms with Gasteiger partial charge in [-0.25, -0.2) is 0 Å². The molecule has 0 spiro atoms. The zero-order chi connectivity index (χ0) is 21.1. The van der Waals surface area contributed by atoms with Crippen LogP contribution < -0.4 is 10.1 Å². The zero-order valence-electron chi connectivity index (χ0n) is 16.9. The molecular weight excluding hydrogens is 420 g/mol. The summed E-state index contributed by atoms with van der Waals surface area (Å²) in [4.78, 5) is 12.4. The molecule has 2 aromatic carbocycles. The van der Waals surface area contributed by atoms with Gasteiger partial charge in [0, 0.05) is 11.7 Å². The minimum absolute atomic E-state index is 0.0637. The standard InChI is InChI=1S/C22H23ClN4O2S/c1-14-7-10-18(15(2)11-14)24-21(28)13-30-22-26-25-20(27(22)16-8-9-16)12-29-19-6-4-3-5-17(19)23/h3-7,10-11,16H,8-9,12-13H2,1-2H3,(H,24,28). The van der Waals surface area contributed by atoms with Crippen molar-refractivity contribution in [1.82, 2.24) is 14.8 Å². The summed E-state index contributed by atoms with van der Waals surface area (Å²) in [7, 11) is 0. The van der Waals surface area contributed by atoms with Crippen molar-refractivity contribution < 1.29 is 9.53 Å². The summed E-state index contributed by atoms with van der Waals surface area (Å²) in [6.07, 6.45) is 2.17. The summed E-state index contributed by atoms with van der Waals surface area (Å²) < 4.78 is 7.93. The first-order valence-corrected chi connectivity index (χ1v) is 11.2. The highest BCUT2D eigenvalue weighted by molar-refractivity contribution is 7.99. The summed E-state index contributed by atoms with van der Waals surface area (Å²) in [5, 5.41) is 12.9. The number of hydrogen-bond acceptors (Lipinski definition) is 5. The lowest BCUT2D eigenvalue weighted by Crippen LogP contribution is -2.15. The Morgan fingerprint density at radius 2 is 2.03 bits per heavy atom. The largest absolute Gasteiger partial charge is 0.484 e. The summed E-state index contributed by atoms with van der Waals surface area (Å²) in [6.45, 7) is 4.31. The molecule has 1 amide bonds. The van der Waals surface area contributed by atoms with Crippen LogP contribution in [0.25, 0.3) is 0 Å². The molecule has 4 rings (SSSR count). The molecular formula is C22H23ClN4O2S. The fourth-order valence-corrected chi connectivity index (χ4v) is 4.19. The SMILES string of the molecule is Cc1ccc(NC(=O)CSc2nnc(COc3ccccc3Cl)n2C2CC2)c(C)c1. The van der Waals surface area contributed by atoms with E-state index >= 15 is 0 Å². The van der Waals surface area contributed by atoms with Crippen LogP contribution in [0.4, 0.5) is 5.69 Å². The maximum Gasteiger partial charge on any atom is 0.234 e. The third kappa shape index (κ3) is 4.96. The number of aryl methyl sites for hydroxylation is 2. The molecule has 0 radical (unpaired) electrons. The topological polar surface area (TPSA) is 69.0 Å². The zero-order valence-corrected chi connectivity index (χ0v) is 18.5. The van der Waals surface area contributed by atoms with Gasteiger partial charge >= 0.3 is 0 Å². The summed E-state index contributed by atoms with van der Waals surface area (Å²) >= 11 is 7.56. The van der Waals surface area contributed by atoms with Gasteiger partial charge in [-0.15, -0.1) is 10.2 Å². The number of ether oxygens (including phenoxy) is 1. The molecule has 0 saturated heterocycles. The molecule has 0 unspecified atom stereocenters. The molecule has 1 aliphatic rings. The molecule has 1 N–H and O–H groups in total. The summed E-state index contributed by atoms with van der Waals surface area (Å²) in [5.41, 5.74) is 3.06. The normalized spacial score (nSPS) is 13.3. The van der Waals surface area contributed by atoms with Crippen molar-refractivity contribution >= 4 is 35.0 Å². The minimum Gasteiger partial charge on any atom is -0.484 e. The third-order valence-corrected chi connectivity index (χ3v) is 6.08. The van der Waals surface area contributed by atoms with Crippen molar-refractivity contribution in [3.8, 4) is 5.75 Å². The van der Waals surface area contributed by atoms with Crippen molar-refractivity contribution in [1.29, 1.82) is 0 Å². The third-order valence-electron chi connectivity index (χ3n) is 4.83. The van der Waals surface area contributed by atoms with E-state index in [1.807, 2.05) is 44.2 Å². The average molecular weight is 443 g/mol. The van der Waals surface area contributed by atoms with E-state index in [0.29, 0.717) is 16.8 Å². The number of aromatic nitrogens is 3. The van der Waals surface area contributed by atoms with Gasteiger partial charge in [-0.1, -0.05) is 53.2 Å². The maximum atomic E-state index is 12.4. The molecule has 8 heteroatoms. The fourth-order valence-electron chi connectivity index (χ4n) is 3.18. The molecule has 0 bridgehead atoms. The van der Waals surface area contributed by atoms with Gasteiger partial charge in [0.15, 0.2) is 11.0 Å². The first kappa shape index (κ1) is 20.8. The van der Waals surface area contributed by atoms with Crippen LogP contribution in [0.15, 0.2) is 47.6 Å². The van der Waals surface area contributed by atoms with Crippen LogP contribution in [0, 0.1) is 13.8 Å². The van der Waals surface area contributed by atoms with Gasteiger partial charge in [0.25, 0.3) is 0 Å². The lowest BCUT2D eigenvalue weighted by molar-refractivity contribution is -0.113. The summed E-state index contributed by atoms with van der Waals surface area (Å²) in [5.74, 6) is 1.57. The number of para-hydroxylation sites is 1. The predicted octanol–water partition coefficient (Wildman–Crippen LogP) is 5.19. The predicted molar refractivity (Wildman–Crippen MR) is 119 cm³/mol. The Bertz CT molecular complexity index is 1070. The van der Waals surface area contributed by atoms with Crippen LogP contribution in [0.1, 0.15) is 35.8 Å². The second kappa shape index (κ2) is 9.10. The van der Waals surface area contributed by atoms with E-state index in [-0.39, 0.29) is 18.3 Å². The van der Waals surface area contributed by atoms with Gasteiger partial charge in [0.2, 0.25) is 5.91 Å². The molecule has 1 aromatic heterocycles. The van der Waals surface area contributed by atoms with Gasteiger partial charge in [-0.2, -0.15) is 0 Å². The van der Waals surface area contributed by atoms with Gasteiger partial charge in [-0.05, 0) is 50.5 Å². The minimum atomic E-state index is -0.0637. The lowest BCUT2D eigenvalue weighted by atomic mass is 10.1. The Kier molecular flexibility index (Phi) is 6.29. The highest BCUT2D eigenvalue weighted by atomic mass is 35.5. The number of rotatable bonds is 8. The second-order valence-electron chi connectivity index (χ2n) is 7.37. The first-order chi connectivity index (χ1) is 14.5. The Morgan fingerprint density at radius 1 is 1.23 bits per heavy atom. The van der Waals surface area contributed by atoms with Gasteiger partial charge in [-0.3, -0.25) is 9.36 Å². The van der Waals surface area contributed by atoms with Crippen molar-refractivity contribution in [2.45, 2.75) is 44.5 Å². The molecule has 0 atom stereocenters. The number of halogens is 1. The second-order valence-corrected chi connectivity index (χ2v) is 8.72. The van der Waals surface area contributed by atoms with Crippen LogP contribution in [-0.2, 0) is 11.4 Å². The molecule has 3 aromatic rings. The molecule has 1 heterocycles. The van der Waals surface area contributed by atoms with E-state index in [0.717, 1.165) is 35.1 Å². The molecule has 30 heavy (non-hydrogen) atoms. The monoisotopic (exact) mass is 442 g/mol. The maximum absolute atomic E-state index is 12.4. The van der Waals surface area contributed by atoms with E-state index in [1.165, 1.54) is 17.3 Å². The van der Waals surface area contributed by atoms with E-state index in [1.54, 1.807) is 6.07 Å². The number of carbonyl (C=O) groups is 1. The molecule has 1 fully saturated rings. The molecule has 156 valence electrons. The van der Waals surface area contributed by atoms with Crippen LogP contribution >= 0.6 is 23.4 Å². The van der Waals surface area contributed by atoms with Gasteiger partial charge in [0.1, 0.15) is 12.4 Å². The number of anilines is 1. The number of amides is 1. The number of benzene rings is 2. The van der Waals surface area contributed by atoms with Crippen molar-refractivity contribution in [3.05, 3.63) is 64.4 Å². The highest BCUT2D eigenvalue weighted by Gasteiger charge is 2.30. The Morgan fingerprint density at radius 3 is 2.77 bits per heavy atom. The Labute approximate surface area is 185 Å². The van der Waals surface area contributed by atoms with E-state index in [4.69, 9.17) is 16.3 Å². The van der Waals surface area contributed by atoms with Crippen LogP contribution in [0.3, 0.4) is 0 Å². The number of nitrogens with zero attached hydrogens (tertiary/aromatic N) is 3. The van der Waals surface area contributed by atoms with Gasteiger partial charge < -0.3 is 10.1 Å². The van der Waals surface area contributed by atoms with Crippen LogP contribution in [-0.4, -0.2) is 26.4 Å². The molecule has 1 saturated carbocycles. The molecule has 1 aliphatic carbocycles. The van der Waals surface area contributed by atoms with E-state index in [9.17, 15) is 4.79 Å². The molecule has 6 nitrogen and oxygen atoms in total. The Hall–Kier alpha value is -2.51. The van der Waals surface area contributed by atoms with E-state index < -0.39 is 0 Å². The van der Waals surface area contributed by atoms with Gasteiger partial charge in [0.05, 0.1) is 10.8 Å². The van der Waals surface area contributed by atoms with Crippen LogP contribution in [0.5, 0.6) is 5.75 Å². The number of hydrogen-bond donors (Lipinski definition) is 1. The van der Waals surface area contributed by atoms with E-state index in [2.05, 4.69) is 26.1 Å². The van der Waals surface area contributed by atoms with Crippen molar-refractivity contribution in [2.24, 2.45) is 0 Å². The lowest BCUT2D eigenvalue weighted by Gasteiger charge is -2.11. The van der Waals surface area contributed by atoms with Crippen LogP contribution in [0.2, 0.25) is 5.02 Å². The summed E-state index contributed by atoms with van der Waals surface area (Å²) in [6, 6.07) is 13.7. The fraction of sp³-hybridized carbons (Fsp3) is 0.318. The van der Waals surface area contributed by atoms with Crippen molar-refractivity contribution in [3.63, 3.8) is 0 Å².